The third-order valence-corrected chi connectivity index (χ3v) is 13.2. The summed E-state index contributed by atoms with van der Waals surface area (Å²) >= 11 is 0. The number of rotatable bonds is 6. The van der Waals surface area contributed by atoms with Crippen LogP contribution in [0.15, 0.2) is 218 Å². The van der Waals surface area contributed by atoms with Gasteiger partial charge in [-0.3, -0.25) is 4.57 Å². The van der Waals surface area contributed by atoms with Gasteiger partial charge in [0.2, 0.25) is 11.4 Å². The minimum atomic E-state index is 0.158. The smallest absolute Gasteiger partial charge is 0.209 e. The SMILES string of the molecule is C[N+]1=C(c2ccc(-n3c4ccccc4c4cc5c(cc43)c3ccccc3n5-c3ccc(-c4nc5ccccc5n4-c4ccccc4)cc3)cc2)C(c2ccccc2)c2ccccc21. The molecule has 4 heterocycles. The molecule has 0 saturated carbocycles. The Morgan fingerprint density at radius 3 is 1.52 bits per heavy atom. The van der Waals surface area contributed by atoms with Crippen LogP contribution in [0.4, 0.5) is 5.69 Å². The molecule has 3 aromatic heterocycles. The number of hydrogen-bond donors (Lipinski definition) is 0. The lowest BCUT2D eigenvalue weighted by Crippen LogP contribution is -2.17. The van der Waals surface area contributed by atoms with Crippen molar-refractivity contribution in [3.8, 4) is 28.5 Å². The van der Waals surface area contributed by atoms with E-state index in [4.69, 9.17) is 4.98 Å². The summed E-state index contributed by atoms with van der Waals surface area (Å²) in [4.78, 5) is 5.14. The Hall–Kier alpha value is -8.28. The van der Waals surface area contributed by atoms with E-state index in [1.54, 1.807) is 0 Å². The fourth-order valence-electron chi connectivity index (χ4n) is 10.4. The largest absolute Gasteiger partial charge is 0.309 e. The predicted octanol–water partition coefficient (Wildman–Crippen LogP) is 13.8. The molecule has 0 amide bonds. The molecule has 0 bridgehead atoms. The fourth-order valence-corrected chi connectivity index (χ4v) is 10.4. The van der Waals surface area contributed by atoms with Crippen LogP contribution in [0.5, 0.6) is 0 Å². The maximum absolute atomic E-state index is 5.14. The van der Waals surface area contributed by atoms with Crippen molar-refractivity contribution in [3.63, 3.8) is 0 Å². The molecule has 0 spiro atoms. The van der Waals surface area contributed by atoms with E-state index in [9.17, 15) is 0 Å². The van der Waals surface area contributed by atoms with Gasteiger partial charge in [-0.2, -0.15) is 4.58 Å². The van der Waals surface area contributed by atoms with Crippen LogP contribution in [0, 0.1) is 0 Å². The van der Waals surface area contributed by atoms with Crippen molar-refractivity contribution in [2.75, 3.05) is 7.05 Å². The van der Waals surface area contributed by atoms with E-state index in [0.29, 0.717) is 0 Å². The van der Waals surface area contributed by atoms with Gasteiger partial charge < -0.3 is 9.13 Å². The monoisotopic (exact) mass is 806 g/mol. The number of imidazole rings is 1. The number of aromatic nitrogens is 4. The quantitative estimate of drug-likeness (QED) is 0.154. The van der Waals surface area contributed by atoms with Gasteiger partial charge in [-0.25, -0.2) is 4.98 Å². The molecule has 13 rings (SSSR count). The Kier molecular flexibility index (Phi) is 7.81. The molecule has 1 atom stereocenters. The number of hydrogen-bond acceptors (Lipinski definition) is 1. The summed E-state index contributed by atoms with van der Waals surface area (Å²) in [5.41, 5.74) is 17.6. The Balaban J connectivity index is 0.949. The van der Waals surface area contributed by atoms with E-state index in [2.05, 4.69) is 244 Å². The second kappa shape index (κ2) is 13.9. The lowest BCUT2D eigenvalue weighted by Gasteiger charge is -2.13. The first-order valence-corrected chi connectivity index (χ1v) is 21.6. The molecule has 63 heavy (non-hydrogen) atoms. The summed E-state index contributed by atoms with van der Waals surface area (Å²) in [5.74, 6) is 1.08. The first-order chi connectivity index (χ1) is 31.2. The van der Waals surface area contributed by atoms with Crippen LogP contribution in [0.25, 0.3) is 83.1 Å². The van der Waals surface area contributed by atoms with Crippen LogP contribution in [0.1, 0.15) is 22.6 Å². The Labute approximate surface area is 364 Å². The second-order valence-corrected chi connectivity index (χ2v) is 16.6. The van der Waals surface area contributed by atoms with Crippen LogP contribution in [0.2, 0.25) is 0 Å². The summed E-state index contributed by atoms with van der Waals surface area (Å²) in [6, 6.07) is 79.2. The average Bonchev–Trinajstić information content (AvgIpc) is 4.08. The third-order valence-electron chi connectivity index (χ3n) is 13.2. The molecule has 0 saturated heterocycles. The molecule has 296 valence electrons. The van der Waals surface area contributed by atoms with Crippen LogP contribution in [-0.2, 0) is 0 Å². The first-order valence-electron chi connectivity index (χ1n) is 21.6. The molecule has 1 aliphatic rings. The number of para-hydroxylation sites is 6. The van der Waals surface area contributed by atoms with Crippen LogP contribution in [-0.4, -0.2) is 36.0 Å². The highest BCUT2D eigenvalue weighted by Crippen LogP contribution is 2.43. The average molecular weight is 807 g/mol. The van der Waals surface area contributed by atoms with Gasteiger partial charge in [0.05, 0.1) is 33.1 Å². The number of fused-ring (bicyclic) bond motifs is 8. The molecule has 5 nitrogen and oxygen atoms in total. The Morgan fingerprint density at radius 2 is 0.889 bits per heavy atom. The zero-order valence-electron chi connectivity index (χ0n) is 34.6. The standard InChI is InChI=1S/C58H40N5/c1-60-50-24-12-10-22-46(50)56(38-16-4-2-5-17-38)57(60)39-28-32-42(33-29-39)61-51-25-13-8-20-44(51)47-37-55-48(36-54(47)61)45-21-9-14-26-52(45)62(55)43-34-30-40(31-35-43)58-59-49-23-11-15-27-53(49)63(58)41-18-6-3-7-19-41/h2-37,56H,1H3/q+1. The van der Waals surface area contributed by atoms with Crippen LogP contribution < -0.4 is 0 Å². The van der Waals surface area contributed by atoms with Gasteiger partial charge in [0.25, 0.3) is 0 Å². The van der Waals surface area contributed by atoms with E-state index < -0.39 is 0 Å². The van der Waals surface area contributed by atoms with Gasteiger partial charge in [-0.1, -0.05) is 115 Å². The molecule has 12 aromatic rings. The highest BCUT2D eigenvalue weighted by atomic mass is 15.1. The number of benzene rings is 9. The molecule has 0 radical (unpaired) electrons. The normalized spacial score (nSPS) is 13.9. The number of nitrogens with zero attached hydrogens (tertiary/aromatic N) is 5. The first kappa shape index (κ1) is 35.5. The van der Waals surface area contributed by atoms with E-state index >= 15 is 0 Å². The van der Waals surface area contributed by atoms with Gasteiger partial charge >= 0.3 is 0 Å². The Morgan fingerprint density at radius 1 is 0.397 bits per heavy atom. The highest BCUT2D eigenvalue weighted by Gasteiger charge is 2.39. The van der Waals surface area contributed by atoms with Crippen LogP contribution >= 0.6 is 0 Å². The van der Waals surface area contributed by atoms with Gasteiger partial charge in [0, 0.05) is 61.4 Å². The maximum atomic E-state index is 5.14. The summed E-state index contributed by atoms with van der Waals surface area (Å²) < 4.78 is 9.51. The van der Waals surface area contributed by atoms with Crippen molar-refractivity contribution in [1.29, 1.82) is 0 Å². The molecule has 1 aliphatic heterocycles. The summed E-state index contributed by atoms with van der Waals surface area (Å²) in [6.07, 6.45) is 0. The topological polar surface area (TPSA) is 30.7 Å². The molecule has 9 aromatic carbocycles. The van der Waals surface area contributed by atoms with Crippen molar-refractivity contribution in [1.82, 2.24) is 18.7 Å². The summed E-state index contributed by atoms with van der Waals surface area (Å²) in [5, 5.41) is 4.91. The zero-order chi connectivity index (χ0) is 41.6. The zero-order valence-corrected chi connectivity index (χ0v) is 34.6. The van der Waals surface area contributed by atoms with Crippen molar-refractivity contribution in [2.24, 2.45) is 0 Å². The van der Waals surface area contributed by atoms with E-state index in [1.165, 1.54) is 71.7 Å². The van der Waals surface area contributed by atoms with Crippen molar-refractivity contribution >= 4 is 66.0 Å². The molecule has 5 heteroatoms. The second-order valence-electron chi connectivity index (χ2n) is 16.6. The van der Waals surface area contributed by atoms with Gasteiger partial charge in [-0.15, -0.1) is 0 Å². The van der Waals surface area contributed by atoms with Crippen LogP contribution in [0.3, 0.4) is 0 Å². The van der Waals surface area contributed by atoms with Gasteiger partial charge in [-0.05, 0) is 103 Å². The third kappa shape index (κ3) is 5.36. The molecular formula is C58H40N5+. The molecule has 0 fully saturated rings. The lowest BCUT2D eigenvalue weighted by molar-refractivity contribution is -0.401. The summed E-state index contributed by atoms with van der Waals surface area (Å²) in [6.45, 7) is 0. The molecule has 0 N–H and O–H groups in total. The highest BCUT2D eigenvalue weighted by molar-refractivity contribution is 6.19. The van der Waals surface area contributed by atoms with Crippen molar-refractivity contribution in [3.05, 3.63) is 235 Å². The maximum Gasteiger partial charge on any atom is 0.209 e. The lowest BCUT2D eigenvalue weighted by atomic mass is 9.86. The molecule has 1 unspecified atom stereocenters. The fraction of sp³-hybridized carbons (Fsp3) is 0.0345. The summed E-state index contributed by atoms with van der Waals surface area (Å²) in [7, 11) is 2.21. The Bertz CT molecular complexity index is 3770. The van der Waals surface area contributed by atoms with Crippen molar-refractivity contribution in [2.45, 2.75) is 5.92 Å². The van der Waals surface area contributed by atoms with Crippen molar-refractivity contribution < 1.29 is 4.58 Å². The van der Waals surface area contributed by atoms with E-state index in [0.717, 1.165) is 39.5 Å². The van der Waals surface area contributed by atoms with E-state index in [-0.39, 0.29) is 5.92 Å². The minimum absolute atomic E-state index is 0.158. The van der Waals surface area contributed by atoms with Gasteiger partial charge in [0.1, 0.15) is 18.8 Å². The van der Waals surface area contributed by atoms with E-state index in [1.807, 2.05) is 0 Å². The van der Waals surface area contributed by atoms with Gasteiger partial charge in [0.15, 0.2) is 0 Å². The predicted molar refractivity (Wildman–Crippen MR) is 260 cm³/mol. The molecular weight excluding hydrogens is 767 g/mol. The molecule has 0 aliphatic carbocycles. The minimum Gasteiger partial charge on any atom is -0.309 e.